The molecule has 0 aliphatic heterocycles. The van der Waals surface area contributed by atoms with E-state index in [1.807, 2.05) is 6.07 Å². The van der Waals surface area contributed by atoms with Gasteiger partial charge in [-0.25, -0.2) is 4.39 Å². The molecule has 0 fully saturated rings. The van der Waals surface area contributed by atoms with E-state index in [1.54, 1.807) is 13.2 Å². The number of rotatable bonds is 7. The summed E-state index contributed by atoms with van der Waals surface area (Å²) < 4.78 is 18.4. The first kappa shape index (κ1) is 15.4. The fourth-order valence-electron chi connectivity index (χ4n) is 2.00. The summed E-state index contributed by atoms with van der Waals surface area (Å²) in [5, 5.41) is 0.142. The summed E-state index contributed by atoms with van der Waals surface area (Å²) in [6, 6.07) is 4.93. The third-order valence-electron chi connectivity index (χ3n) is 2.84. The minimum atomic E-state index is -0.394. The number of hydrazine groups is 1. The van der Waals surface area contributed by atoms with E-state index in [0.29, 0.717) is 18.9 Å². The van der Waals surface area contributed by atoms with Crippen molar-refractivity contribution in [2.24, 2.45) is 11.8 Å². The van der Waals surface area contributed by atoms with Gasteiger partial charge in [0.05, 0.1) is 5.02 Å². The predicted octanol–water partition coefficient (Wildman–Crippen LogP) is 2.53. The molecule has 0 amide bonds. The van der Waals surface area contributed by atoms with E-state index in [1.165, 1.54) is 6.07 Å². The lowest BCUT2D eigenvalue weighted by atomic mass is 9.97. The number of nitrogens with two attached hydrogens (primary N) is 1. The average Bonchev–Trinajstić information content (AvgIpc) is 2.33. The first-order chi connectivity index (χ1) is 8.56. The number of benzene rings is 1. The van der Waals surface area contributed by atoms with Crippen molar-refractivity contribution in [3.05, 3.63) is 34.6 Å². The summed E-state index contributed by atoms with van der Waals surface area (Å²) >= 11 is 5.64. The van der Waals surface area contributed by atoms with E-state index >= 15 is 0 Å². The Morgan fingerprint density at radius 1 is 1.50 bits per heavy atom. The van der Waals surface area contributed by atoms with Crippen LogP contribution in [-0.2, 0) is 11.2 Å². The van der Waals surface area contributed by atoms with Gasteiger partial charge < -0.3 is 4.74 Å². The molecule has 102 valence electrons. The SMILES string of the molecule is COCC(C)CC(Cc1ccc(Cl)c(F)c1)NN. The number of methoxy groups -OCH3 is 1. The van der Waals surface area contributed by atoms with Gasteiger partial charge in [-0.15, -0.1) is 0 Å². The van der Waals surface area contributed by atoms with Gasteiger partial charge in [-0.3, -0.25) is 11.3 Å². The third kappa shape index (κ3) is 4.90. The molecule has 0 aliphatic carbocycles. The summed E-state index contributed by atoms with van der Waals surface area (Å²) in [5.41, 5.74) is 3.64. The summed E-state index contributed by atoms with van der Waals surface area (Å²) in [7, 11) is 1.68. The smallest absolute Gasteiger partial charge is 0.142 e. The van der Waals surface area contributed by atoms with E-state index in [9.17, 15) is 4.39 Å². The lowest BCUT2D eigenvalue weighted by Gasteiger charge is -2.20. The molecular formula is C13H20ClFN2O. The Morgan fingerprint density at radius 2 is 2.22 bits per heavy atom. The molecule has 1 aromatic carbocycles. The lowest BCUT2D eigenvalue weighted by Crippen LogP contribution is -2.38. The summed E-state index contributed by atoms with van der Waals surface area (Å²) in [6.07, 6.45) is 1.53. The molecule has 0 spiro atoms. The largest absolute Gasteiger partial charge is 0.384 e. The number of nitrogens with one attached hydrogen (secondary N) is 1. The fourth-order valence-corrected chi connectivity index (χ4v) is 2.12. The molecule has 0 saturated carbocycles. The van der Waals surface area contributed by atoms with Gasteiger partial charge in [-0.1, -0.05) is 24.6 Å². The van der Waals surface area contributed by atoms with Crippen molar-refractivity contribution < 1.29 is 9.13 Å². The summed E-state index contributed by atoms with van der Waals surface area (Å²) in [5.74, 6) is 5.53. The predicted molar refractivity (Wildman–Crippen MR) is 71.9 cm³/mol. The van der Waals surface area contributed by atoms with Crippen LogP contribution in [0, 0.1) is 11.7 Å². The molecule has 2 unspecified atom stereocenters. The van der Waals surface area contributed by atoms with E-state index in [-0.39, 0.29) is 11.1 Å². The van der Waals surface area contributed by atoms with E-state index in [4.69, 9.17) is 22.2 Å². The van der Waals surface area contributed by atoms with Gasteiger partial charge in [0.2, 0.25) is 0 Å². The van der Waals surface area contributed by atoms with Crippen molar-refractivity contribution in [3.63, 3.8) is 0 Å². The van der Waals surface area contributed by atoms with Crippen LogP contribution in [0.4, 0.5) is 4.39 Å². The average molecular weight is 275 g/mol. The second kappa shape index (κ2) is 7.69. The Morgan fingerprint density at radius 3 is 2.78 bits per heavy atom. The first-order valence-corrected chi connectivity index (χ1v) is 6.33. The Balaban J connectivity index is 2.59. The quantitative estimate of drug-likeness (QED) is 0.593. The van der Waals surface area contributed by atoms with Gasteiger partial charge in [-0.2, -0.15) is 0 Å². The van der Waals surface area contributed by atoms with Crippen LogP contribution in [0.3, 0.4) is 0 Å². The molecule has 3 N–H and O–H groups in total. The second-order valence-electron chi connectivity index (χ2n) is 4.61. The first-order valence-electron chi connectivity index (χ1n) is 5.95. The van der Waals surface area contributed by atoms with Crippen LogP contribution in [-0.4, -0.2) is 19.8 Å². The van der Waals surface area contributed by atoms with Crippen molar-refractivity contribution in [3.8, 4) is 0 Å². The summed E-state index contributed by atoms with van der Waals surface area (Å²) in [4.78, 5) is 0. The second-order valence-corrected chi connectivity index (χ2v) is 5.02. The normalized spacial score (nSPS) is 14.5. The Kier molecular flexibility index (Phi) is 6.57. The van der Waals surface area contributed by atoms with Gasteiger partial charge in [0.1, 0.15) is 5.82 Å². The number of hydrogen-bond donors (Lipinski definition) is 2. The zero-order valence-corrected chi connectivity index (χ0v) is 11.5. The Bertz CT molecular complexity index is 376. The highest BCUT2D eigenvalue weighted by Gasteiger charge is 2.13. The van der Waals surface area contributed by atoms with Crippen molar-refractivity contribution in [1.82, 2.24) is 5.43 Å². The van der Waals surface area contributed by atoms with E-state index in [0.717, 1.165) is 12.0 Å². The molecule has 0 aromatic heterocycles. The molecule has 1 rings (SSSR count). The van der Waals surface area contributed by atoms with Crippen molar-refractivity contribution in [2.45, 2.75) is 25.8 Å². The van der Waals surface area contributed by atoms with Crippen LogP contribution in [0.15, 0.2) is 18.2 Å². The zero-order chi connectivity index (χ0) is 13.5. The standard InChI is InChI=1S/C13H20ClFN2O/c1-9(8-18-2)5-11(17-16)6-10-3-4-12(14)13(15)7-10/h3-4,7,9,11,17H,5-6,8,16H2,1-2H3. The van der Waals surface area contributed by atoms with Crippen LogP contribution in [0.5, 0.6) is 0 Å². The monoisotopic (exact) mass is 274 g/mol. The van der Waals surface area contributed by atoms with Crippen LogP contribution >= 0.6 is 11.6 Å². The highest BCUT2D eigenvalue weighted by Crippen LogP contribution is 2.18. The maximum Gasteiger partial charge on any atom is 0.142 e. The molecular weight excluding hydrogens is 255 g/mol. The van der Waals surface area contributed by atoms with Gasteiger partial charge in [0.15, 0.2) is 0 Å². The van der Waals surface area contributed by atoms with Gasteiger partial charge in [-0.05, 0) is 36.5 Å². The lowest BCUT2D eigenvalue weighted by molar-refractivity contribution is 0.149. The summed E-state index contributed by atoms with van der Waals surface area (Å²) in [6.45, 7) is 2.78. The maximum absolute atomic E-state index is 13.3. The van der Waals surface area contributed by atoms with E-state index < -0.39 is 5.82 Å². The molecule has 3 nitrogen and oxygen atoms in total. The van der Waals surface area contributed by atoms with Crippen LogP contribution in [0.1, 0.15) is 18.9 Å². The maximum atomic E-state index is 13.3. The molecule has 1 aromatic rings. The van der Waals surface area contributed by atoms with Crippen molar-refractivity contribution >= 4 is 11.6 Å². The molecule has 0 heterocycles. The van der Waals surface area contributed by atoms with Crippen LogP contribution in [0.2, 0.25) is 5.02 Å². The minimum Gasteiger partial charge on any atom is -0.384 e. The number of ether oxygens (including phenoxy) is 1. The van der Waals surface area contributed by atoms with E-state index in [2.05, 4.69) is 12.3 Å². The third-order valence-corrected chi connectivity index (χ3v) is 3.15. The van der Waals surface area contributed by atoms with Gasteiger partial charge in [0.25, 0.3) is 0 Å². The topological polar surface area (TPSA) is 47.3 Å². The van der Waals surface area contributed by atoms with Gasteiger partial charge >= 0.3 is 0 Å². The number of hydrogen-bond acceptors (Lipinski definition) is 3. The van der Waals surface area contributed by atoms with Crippen molar-refractivity contribution in [2.75, 3.05) is 13.7 Å². The highest BCUT2D eigenvalue weighted by molar-refractivity contribution is 6.30. The Labute approximate surface area is 112 Å². The highest BCUT2D eigenvalue weighted by atomic mass is 35.5. The molecule has 0 aliphatic rings. The fraction of sp³-hybridized carbons (Fsp3) is 0.538. The van der Waals surface area contributed by atoms with Gasteiger partial charge in [0, 0.05) is 19.8 Å². The molecule has 0 saturated heterocycles. The van der Waals surface area contributed by atoms with Crippen LogP contribution < -0.4 is 11.3 Å². The molecule has 18 heavy (non-hydrogen) atoms. The molecule has 2 atom stereocenters. The molecule has 0 radical (unpaired) electrons. The molecule has 5 heteroatoms. The van der Waals surface area contributed by atoms with Crippen molar-refractivity contribution in [1.29, 1.82) is 0 Å². The minimum absolute atomic E-state index is 0.0933. The van der Waals surface area contributed by atoms with Crippen LogP contribution in [0.25, 0.3) is 0 Å². The number of halogens is 2. The Hall–Kier alpha value is -0.680. The zero-order valence-electron chi connectivity index (χ0n) is 10.7. The molecule has 0 bridgehead atoms.